The number of nitrogens with one attached hydrogen (secondary N) is 1. The Labute approximate surface area is 97.6 Å². The van der Waals surface area contributed by atoms with Gasteiger partial charge in [0.15, 0.2) is 0 Å². The molecule has 0 unspecified atom stereocenters. The molecule has 2 rings (SSSR count). The standard InChI is InChI=1S/C12H15NO.C2H6/c1-8(2)11-12(14-3)9-6-4-5-7-10(9)13-11;1-2/h4-8,13H,1-3H3;1-2H3. The maximum atomic E-state index is 5.43. The number of hydrogen-bond acceptors (Lipinski definition) is 1. The molecule has 0 spiro atoms. The average Bonchev–Trinajstić information content (AvgIpc) is 2.70. The van der Waals surface area contributed by atoms with E-state index in [1.807, 2.05) is 26.0 Å². The molecule has 0 radical (unpaired) electrons. The second kappa shape index (κ2) is 5.59. The van der Waals surface area contributed by atoms with Crippen LogP contribution in [0.25, 0.3) is 10.9 Å². The third kappa shape index (κ3) is 2.21. The largest absolute Gasteiger partial charge is 0.494 e. The number of benzene rings is 1. The third-order valence-corrected chi connectivity index (χ3v) is 2.47. The molecule has 0 aliphatic carbocycles. The van der Waals surface area contributed by atoms with Gasteiger partial charge in [-0.2, -0.15) is 0 Å². The Morgan fingerprint density at radius 2 is 1.75 bits per heavy atom. The lowest BCUT2D eigenvalue weighted by atomic mass is 10.1. The number of aromatic amines is 1. The van der Waals surface area contributed by atoms with Crippen LogP contribution in [0.3, 0.4) is 0 Å². The summed E-state index contributed by atoms with van der Waals surface area (Å²) in [6.45, 7) is 8.32. The summed E-state index contributed by atoms with van der Waals surface area (Å²) in [5, 5.41) is 1.17. The van der Waals surface area contributed by atoms with Gasteiger partial charge in [-0.25, -0.2) is 0 Å². The van der Waals surface area contributed by atoms with Crippen LogP contribution in [-0.4, -0.2) is 12.1 Å². The minimum Gasteiger partial charge on any atom is -0.494 e. The van der Waals surface area contributed by atoms with Crippen LogP contribution >= 0.6 is 0 Å². The molecule has 0 saturated carbocycles. The lowest BCUT2D eigenvalue weighted by molar-refractivity contribution is 0.412. The predicted octanol–water partition coefficient (Wildman–Crippen LogP) is 4.33. The first kappa shape index (κ1) is 12.6. The molecule has 1 aromatic heterocycles. The molecular formula is C14H21NO. The van der Waals surface area contributed by atoms with E-state index in [0.29, 0.717) is 5.92 Å². The molecule has 0 amide bonds. The van der Waals surface area contributed by atoms with Gasteiger partial charge in [-0.1, -0.05) is 39.8 Å². The highest BCUT2D eigenvalue weighted by Gasteiger charge is 2.13. The second-order valence-corrected chi connectivity index (χ2v) is 3.77. The van der Waals surface area contributed by atoms with Gasteiger partial charge in [0, 0.05) is 10.9 Å². The number of methoxy groups -OCH3 is 1. The number of ether oxygens (including phenoxy) is 1. The second-order valence-electron chi connectivity index (χ2n) is 3.77. The molecule has 2 heteroatoms. The van der Waals surface area contributed by atoms with Crippen LogP contribution in [0.1, 0.15) is 39.3 Å². The highest BCUT2D eigenvalue weighted by atomic mass is 16.5. The number of rotatable bonds is 2. The van der Waals surface area contributed by atoms with E-state index in [1.165, 1.54) is 11.1 Å². The molecule has 16 heavy (non-hydrogen) atoms. The Morgan fingerprint density at radius 1 is 1.12 bits per heavy atom. The summed E-state index contributed by atoms with van der Waals surface area (Å²) in [7, 11) is 1.72. The average molecular weight is 219 g/mol. The number of aromatic nitrogens is 1. The normalized spacial score (nSPS) is 10.1. The number of hydrogen-bond donors (Lipinski definition) is 1. The van der Waals surface area contributed by atoms with Crippen molar-refractivity contribution in [3.63, 3.8) is 0 Å². The van der Waals surface area contributed by atoms with E-state index in [4.69, 9.17) is 4.74 Å². The molecule has 2 nitrogen and oxygen atoms in total. The molecule has 0 fully saturated rings. The van der Waals surface area contributed by atoms with Crippen LogP contribution in [0, 0.1) is 0 Å². The van der Waals surface area contributed by atoms with E-state index in [0.717, 1.165) is 11.3 Å². The van der Waals surface area contributed by atoms with Gasteiger partial charge >= 0.3 is 0 Å². The fourth-order valence-corrected chi connectivity index (χ4v) is 1.76. The molecule has 1 N–H and O–H groups in total. The van der Waals surface area contributed by atoms with Crippen molar-refractivity contribution in [1.82, 2.24) is 4.98 Å². The van der Waals surface area contributed by atoms with E-state index in [9.17, 15) is 0 Å². The molecule has 0 atom stereocenters. The quantitative estimate of drug-likeness (QED) is 0.799. The van der Waals surface area contributed by atoms with Crippen molar-refractivity contribution < 1.29 is 4.74 Å². The van der Waals surface area contributed by atoms with Gasteiger partial charge < -0.3 is 9.72 Å². The van der Waals surface area contributed by atoms with Crippen molar-refractivity contribution in [2.45, 2.75) is 33.6 Å². The summed E-state index contributed by atoms with van der Waals surface area (Å²) < 4.78 is 5.43. The van der Waals surface area contributed by atoms with Crippen molar-refractivity contribution in [2.24, 2.45) is 0 Å². The molecule has 2 aromatic rings. The highest BCUT2D eigenvalue weighted by Crippen LogP contribution is 2.33. The van der Waals surface area contributed by atoms with Crippen LogP contribution in [0.4, 0.5) is 0 Å². The van der Waals surface area contributed by atoms with E-state index in [2.05, 4.69) is 31.0 Å². The van der Waals surface area contributed by atoms with Crippen LogP contribution in [0.2, 0.25) is 0 Å². The zero-order valence-electron chi connectivity index (χ0n) is 10.8. The number of para-hydroxylation sites is 1. The minimum absolute atomic E-state index is 0.456. The summed E-state index contributed by atoms with van der Waals surface area (Å²) in [6.07, 6.45) is 0. The van der Waals surface area contributed by atoms with E-state index < -0.39 is 0 Å². The SMILES string of the molecule is CC.COc1c(C(C)C)[nH]c2ccccc12. The molecule has 0 saturated heterocycles. The Morgan fingerprint density at radius 3 is 2.31 bits per heavy atom. The van der Waals surface area contributed by atoms with Crippen LogP contribution in [-0.2, 0) is 0 Å². The first-order valence-corrected chi connectivity index (χ1v) is 5.88. The van der Waals surface area contributed by atoms with Crippen molar-refractivity contribution in [2.75, 3.05) is 7.11 Å². The Balaban J connectivity index is 0.000000606. The molecular weight excluding hydrogens is 198 g/mol. The fraction of sp³-hybridized carbons (Fsp3) is 0.429. The lowest BCUT2D eigenvalue weighted by Crippen LogP contribution is -1.91. The Bertz CT molecular complexity index is 443. The summed E-state index contributed by atoms with van der Waals surface area (Å²) in [5.41, 5.74) is 2.32. The van der Waals surface area contributed by atoms with E-state index >= 15 is 0 Å². The fourth-order valence-electron chi connectivity index (χ4n) is 1.76. The maximum absolute atomic E-state index is 5.43. The summed E-state index contributed by atoms with van der Waals surface area (Å²) in [4.78, 5) is 3.39. The van der Waals surface area contributed by atoms with Crippen LogP contribution in [0.5, 0.6) is 5.75 Å². The molecule has 88 valence electrons. The zero-order valence-corrected chi connectivity index (χ0v) is 10.8. The zero-order chi connectivity index (χ0) is 12.1. The molecule has 1 aromatic carbocycles. The van der Waals surface area contributed by atoms with E-state index in [1.54, 1.807) is 7.11 Å². The topological polar surface area (TPSA) is 25.0 Å². The van der Waals surface area contributed by atoms with Gasteiger partial charge in [0.2, 0.25) is 0 Å². The Hall–Kier alpha value is -1.44. The number of fused-ring (bicyclic) bond motifs is 1. The van der Waals surface area contributed by atoms with Gasteiger partial charge in [-0.3, -0.25) is 0 Å². The minimum atomic E-state index is 0.456. The molecule has 0 aliphatic heterocycles. The monoisotopic (exact) mass is 219 g/mol. The van der Waals surface area contributed by atoms with Crippen molar-refractivity contribution in [3.8, 4) is 5.75 Å². The maximum Gasteiger partial charge on any atom is 0.147 e. The van der Waals surface area contributed by atoms with Crippen LogP contribution in [0.15, 0.2) is 24.3 Å². The van der Waals surface area contributed by atoms with Crippen molar-refractivity contribution in [3.05, 3.63) is 30.0 Å². The van der Waals surface area contributed by atoms with Gasteiger partial charge in [0.1, 0.15) is 5.75 Å². The van der Waals surface area contributed by atoms with Gasteiger partial charge in [0.25, 0.3) is 0 Å². The van der Waals surface area contributed by atoms with E-state index in [-0.39, 0.29) is 0 Å². The van der Waals surface area contributed by atoms with Gasteiger partial charge in [-0.15, -0.1) is 0 Å². The number of H-pyrrole nitrogens is 1. The first-order valence-electron chi connectivity index (χ1n) is 5.88. The van der Waals surface area contributed by atoms with Crippen LogP contribution < -0.4 is 4.74 Å². The van der Waals surface area contributed by atoms with Gasteiger partial charge in [-0.05, 0) is 18.1 Å². The first-order chi connectivity index (χ1) is 7.74. The Kier molecular flexibility index (Phi) is 4.41. The van der Waals surface area contributed by atoms with Crippen molar-refractivity contribution in [1.29, 1.82) is 0 Å². The van der Waals surface area contributed by atoms with Gasteiger partial charge in [0.05, 0.1) is 12.8 Å². The predicted molar refractivity (Wildman–Crippen MR) is 70.3 cm³/mol. The highest BCUT2D eigenvalue weighted by molar-refractivity contribution is 5.87. The molecule has 1 heterocycles. The smallest absolute Gasteiger partial charge is 0.147 e. The lowest BCUT2D eigenvalue weighted by Gasteiger charge is -2.05. The summed E-state index contributed by atoms with van der Waals surface area (Å²) in [6, 6.07) is 8.21. The molecule has 0 aliphatic rings. The summed E-state index contributed by atoms with van der Waals surface area (Å²) >= 11 is 0. The third-order valence-electron chi connectivity index (χ3n) is 2.47. The molecule has 0 bridgehead atoms. The summed E-state index contributed by atoms with van der Waals surface area (Å²) in [5.74, 6) is 1.44. The van der Waals surface area contributed by atoms with Crippen molar-refractivity contribution >= 4 is 10.9 Å².